The molecule has 0 atom stereocenters. The maximum atomic E-state index is 11.6. The van der Waals surface area contributed by atoms with Gasteiger partial charge in [0.05, 0.1) is 12.1 Å². The molecule has 1 saturated heterocycles. The van der Waals surface area contributed by atoms with Crippen molar-refractivity contribution in [3.8, 4) is 0 Å². The summed E-state index contributed by atoms with van der Waals surface area (Å²) in [6.07, 6.45) is 1.02. The highest BCUT2D eigenvalue weighted by molar-refractivity contribution is 5.78. The second kappa shape index (κ2) is 4.75. The minimum Gasteiger partial charge on any atom is -0.377 e. The Hall–Kier alpha value is -0.610. The van der Waals surface area contributed by atoms with E-state index in [1.165, 1.54) is 0 Å². The first-order chi connectivity index (χ1) is 6.55. The molecule has 1 aliphatic heterocycles. The van der Waals surface area contributed by atoms with Crippen LogP contribution in [0, 0.1) is 0 Å². The second-order valence-electron chi connectivity index (χ2n) is 4.31. The molecule has 1 aliphatic rings. The number of methoxy groups -OCH3 is 1. The van der Waals surface area contributed by atoms with E-state index in [-0.39, 0.29) is 11.5 Å². The lowest BCUT2D eigenvalue weighted by molar-refractivity contribution is -0.133. The number of carbonyl (C=O) groups excluding carboxylic acids is 1. The van der Waals surface area contributed by atoms with Crippen LogP contribution in [0.15, 0.2) is 0 Å². The van der Waals surface area contributed by atoms with Crippen LogP contribution in [0.4, 0.5) is 0 Å². The highest BCUT2D eigenvalue weighted by Gasteiger charge is 2.24. The van der Waals surface area contributed by atoms with Gasteiger partial charge in [-0.05, 0) is 26.8 Å². The number of hydrogen-bond donors (Lipinski definition) is 1. The molecule has 14 heavy (non-hydrogen) atoms. The van der Waals surface area contributed by atoms with Gasteiger partial charge in [-0.15, -0.1) is 0 Å². The summed E-state index contributed by atoms with van der Waals surface area (Å²) in [5.41, 5.74) is -0.250. The van der Waals surface area contributed by atoms with Gasteiger partial charge in [-0.25, -0.2) is 0 Å². The van der Waals surface area contributed by atoms with Crippen LogP contribution in [0.25, 0.3) is 0 Å². The number of amides is 1. The van der Waals surface area contributed by atoms with Gasteiger partial charge in [0.15, 0.2) is 0 Å². The number of nitrogens with one attached hydrogen (secondary N) is 1. The molecule has 4 nitrogen and oxygen atoms in total. The van der Waals surface area contributed by atoms with Gasteiger partial charge in [0.1, 0.15) is 0 Å². The monoisotopic (exact) mass is 200 g/mol. The first-order valence-corrected chi connectivity index (χ1v) is 5.09. The molecule has 0 radical (unpaired) electrons. The summed E-state index contributed by atoms with van der Waals surface area (Å²) in [4.78, 5) is 13.5. The van der Waals surface area contributed by atoms with Crippen molar-refractivity contribution in [3.63, 3.8) is 0 Å². The van der Waals surface area contributed by atoms with Crippen LogP contribution in [0.5, 0.6) is 0 Å². The van der Waals surface area contributed by atoms with E-state index in [2.05, 4.69) is 5.32 Å². The molecule has 0 spiro atoms. The summed E-state index contributed by atoms with van der Waals surface area (Å²) in [6, 6.07) is 0. The normalized spacial score (nSPS) is 19.6. The van der Waals surface area contributed by atoms with Crippen molar-refractivity contribution in [1.29, 1.82) is 0 Å². The predicted molar refractivity (Wildman–Crippen MR) is 55.2 cm³/mol. The fraction of sp³-hybridized carbons (Fsp3) is 0.900. The average Bonchev–Trinajstić information content (AvgIpc) is 2.32. The van der Waals surface area contributed by atoms with Gasteiger partial charge in [-0.3, -0.25) is 4.79 Å². The minimum atomic E-state index is -0.250. The molecule has 0 aliphatic carbocycles. The molecule has 0 aromatic rings. The zero-order valence-electron chi connectivity index (χ0n) is 9.30. The zero-order chi connectivity index (χ0) is 10.6. The summed E-state index contributed by atoms with van der Waals surface area (Å²) >= 11 is 0. The smallest absolute Gasteiger partial charge is 0.236 e. The van der Waals surface area contributed by atoms with E-state index in [9.17, 15) is 4.79 Å². The Morgan fingerprint density at radius 1 is 1.57 bits per heavy atom. The van der Waals surface area contributed by atoms with Crippen LogP contribution in [-0.2, 0) is 9.53 Å². The third-order valence-corrected chi connectivity index (χ3v) is 2.53. The van der Waals surface area contributed by atoms with Crippen LogP contribution in [0.2, 0.25) is 0 Å². The van der Waals surface area contributed by atoms with E-state index in [4.69, 9.17) is 4.74 Å². The molecule has 1 N–H and O–H groups in total. The van der Waals surface area contributed by atoms with Crippen LogP contribution >= 0.6 is 0 Å². The lowest BCUT2D eigenvalue weighted by atomic mass is 10.1. The van der Waals surface area contributed by atoms with E-state index in [1.807, 2.05) is 18.7 Å². The van der Waals surface area contributed by atoms with E-state index in [0.29, 0.717) is 13.1 Å². The number of hydrogen-bond acceptors (Lipinski definition) is 3. The molecule has 0 saturated carbocycles. The Kier molecular flexibility index (Phi) is 3.89. The first-order valence-electron chi connectivity index (χ1n) is 5.09. The number of rotatable bonds is 3. The molecule has 1 rings (SSSR count). The largest absolute Gasteiger partial charge is 0.377 e. The topological polar surface area (TPSA) is 41.6 Å². The molecule has 1 heterocycles. The SMILES string of the molecule is COC(C)(C)CN1CCCNCC1=O. The maximum absolute atomic E-state index is 11.6. The number of ether oxygens (including phenoxy) is 1. The molecular formula is C10H20N2O2. The third-order valence-electron chi connectivity index (χ3n) is 2.53. The van der Waals surface area contributed by atoms with E-state index < -0.39 is 0 Å². The van der Waals surface area contributed by atoms with Gasteiger partial charge < -0.3 is 15.0 Å². The highest BCUT2D eigenvalue weighted by atomic mass is 16.5. The zero-order valence-corrected chi connectivity index (χ0v) is 9.30. The van der Waals surface area contributed by atoms with Crippen LogP contribution in [0.3, 0.4) is 0 Å². The van der Waals surface area contributed by atoms with Crippen molar-refractivity contribution in [2.45, 2.75) is 25.9 Å². The Morgan fingerprint density at radius 3 is 2.93 bits per heavy atom. The van der Waals surface area contributed by atoms with Crippen LogP contribution in [0.1, 0.15) is 20.3 Å². The lowest BCUT2D eigenvalue weighted by Crippen LogP contribution is -2.44. The van der Waals surface area contributed by atoms with Gasteiger partial charge >= 0.3 is 0 Å². The lowest BCUT2D eigenvalue weighted by Gasteiger charge is -2.30. The molecule has 0 aromatic heterocycles. The summed E-state index contributed by atoms with van der Waals surface area (Å²) in [7, 11) is 1.68. The van der Waals surface area contributed by atoms with Crippen LogP contribution < -0.4 is 5.32 Å². The number of carbonyl (C=O) groups is 1. The third kappa shape index (κ3) is 3.27. The Bertz CT molecular complexity index is 204. The first kappa shape index (κ1) is 11.5. The Morgan fingerprint density at radius 2 is 2.29 bits per heavy atom. The van der Waals surface area contributed by atoms with Gasteiger partial charge in [-0.1, -0.05) is 0 Å². The molecule has 0 unspecified atom stereocenters. The average molecular weight is 200 g/mol. The molecule has 0 bridgehead atoms. The van der Waals surface area contributed by atoms with Gasteiger partial charge in [-0.2, -0.15) is 0 Å². The summed E-state index contributed by atoms with van der Waals surface area (Å²) in [5.74, 6) is 0.174. The van der Waals surface area contributed by atoms with Gasteiger partial charge in [0.2, 0.25) is 5.91 Å². The minimum absolute atomic E-state index is 0.174. The molecule has 4 heteroatoms. The number of nitrogens with zero attached hydrogens (tertiary/aromatic N) is 1. The molecule has 82 valence electrons. The van der Waals surface area contributed by atoms with E-state index in [1.54, 1.807) is 7.11 Å². The second-order valence-corrected chi connectivity index (χ2v) is 4.31. The van der Waals surface area contributed by atoms with Crippen molar-refractivity contribution in [2.75, 3.05) is 33.3 Å². The van der Waals surface area contributed by atoms with E-state index >= 15 is 0 Å². The maximum Gasteiger partial charge on any atom is 0.236 e. The van der Waals surface area contributed by atoms with Crippen LogP contribution in [-0.4, -0.2) is 49.7 Å². The van der Waals surface area contributed by atoms with Crippen molar-refractivity contribution < 1.29 is 9.53 Å². The van der Waals surface area contributed by atoms with Crippen molar-refractivity contribution >= 4 is 5.91 Å². The summed E-state index contributed by atoms with van der Waals surface area (Å²) in [5, 5.41) is 3.10. The predicted octanol–water partition coefficient (Wildman–Crippen LogP) is 0.233. The van der Waals surface area contributed by atoms with Gasteiger partial charge in [0, 0.05) is 20.2 Å². The fourth-order valence-electron chi connectivity index (χ4n) is 1.52. The molecule has 1 fully saturated rings. The van der Waals surface area contributed by atoms with Crippen molar-refractivity contribution in [1.82, 2.24) is 10.2 Å². The van der Waals surface area contributed by atoms with E-state index in [0.717, 1.165) is 19.5 Å². The molecule has 0 aromatic carbocycles. The molecular weight excluding hydrogens is 180 g/mol. The Balaban J connectivity index is 2.52. The van der Waals surface area contributed by atoms with Crippen molar-refractivity contribution in [2.24, 2.45) is 0 Å². The molecule has 1 amide bonds. The van der Waals surface area contributed by atoms with Crippen molar-refractivity contribution in [3.05, 3.63) is 0 Å². The van der Waals surface area contributed by atoms with Gasteiger partial charge in [0.25, 0.3) is 0 Å². The standard InChI is InChI=1S/C10H20N2O2/c1-10(2,14-3)8-12-6-4-5-11-7-9(12)13/h11H,4-8H2,1-3H3. The Labute approximate surface area is 85.6 Å². The fourth-order valence-corrected chi connectivity index (χ4v) is 1.52. The summed E-state index contributed by atoms with van der Waals surface area (Å²) in [6.45, 7) is 6.88. The quantitative estimate of drug-likeness (QED) is 0.709. The highest BCUT2D eigenvalue weighted by Crippen LogP contribution is 2.11. The summed E-state index contributed by atoms with van der Waals surface area (Å²) < 4.78 is 5.32.